The number of imidazole rings is 1. The number of aromatic nitrogens is 4. The standard InChI is InChI=1S/C11H14ClN5O4/c1-11(20)6(19)4(2-18)21-9(11)17-3-14-5-7(12)15-10(13)16-8(5)17/h3-4,6,9,18-20H,2H2,1H3,(H2,13,15,16)/t4-,6?,9-,11?/m1/s1. The van der Waals surface area contributed by atoms with E-state index in [1.165, 1.54) is 17.8 Å². The zero-order valence-electron chi connectivity index (χ0n) is 11.0. The van der Waals surface area contributed by atoms with Gasteiger partial charge in [0.15, 0.2) is 17.0 Å². The molecule has 2 unspecified atom stereocenters. The van der Waals surface area contributed by atoms with Gasteiger partial charge in [0.05, 0.1) is 12.9 Å². The van der Waals surface area contributed by atoms with Crippen LogP contribution >= 0.6 is 11.6 Å². The lowest BCUT2D eigenvalue weighted by Crippen LogP contribution is -2.44. The topological polar surface area (TPSA) is 140 Å². The molecule has 0 radical (unpaired) electrons. The highest BCUT2D eigenvalue weighted by atomic mass is 35.5. The molecule has 0 bridgehead atoms. The lowest BCUT2D eigenvalue weighted by molar-refractivity contribution is -0.0950. The van der Waals surface area contributed by atoms with Gasteiger partial charge in [0.1, 0.15) is 23.3 Å². The summed E-state index contributed by atoms with van der Waals surface area (Å²) in [6.45, 7) is 0.967. The van der Waals surface area contributed by atoms with Crippen LogP contribution in [0.1, 0.15) is 13.2 Å². The zero-order valence-corrected chi connectivity index (χ0v) is 11.8. The van der Waals surface area contributed by atoms with Crippen LogP contribution in [-0.2, 0) is 4.74 Å². The molecule has 1 aliphatic rings. The smallest absolute Gasteiger partial charge is 0.223 e. The first-order valence-electron chi connectivity index (χ1n) is 6.18. The van der Waals surface area contributed by atoms with Crippen molar-refractivity contribution >= 4 is 28.7 Å². The van der Waals surface area contributed by atoms with Gasteiger partial charge in [-0.25, -0.2) is 4.98 Å². The van der Waals surface area contributed by atoms with E-state index in [1.54, 1.807) is 0 Å². The zero-order chi connectivity index (χ0) is 15.4. The average molecular weight is 316 g/mol. The fraction of sp³-hybridized carbons (Fsp3) is 0.545. The van der Waals surface area contributed by atoms with Gasteiger partial charge < -0.3 is 25.8 Å². The second-order valence-electron chi connectivity index (χ2n) is 5.08. The predicted molar refractivity (Wildman–Crippen MR) is 72.4 cm³/mol. The Bertz CT molecular complexity index is 691. The molecule has 3 heterocycles. The third-order valence-electron chi connectivity index (χ3n) is 3.58. The van der Waals surface area contributed by atoms with Crippen molar-refractivity contribution in [2.75, 3.05) is 12.3 Å². The van der Waals surface area contributed by atoms with Crippen molar-refractivity contribution in [1.82, 2.24) is 19.5 Å². The molecule has 1 aliphatic heterocycles. The molecule has 1 fully saturated rings. The third-order valence-corrected chi connectivity index (χ3v) is 3.85. The summed E-state index contributed by atoms with van der Waals surface area (Å²) >= 11 is 5.94. The number of anilines is 1. The number of rotatable bonds is 2. The first-order chi connectivity index (χ1) is 9.86. The van der Waals surface area contributed by atoms with Gasteiger partial charge in [-0.3, -0.25) is 4.57 Å². The van der Waals surface area contributed by atoms with Crippen LogP contribution in [0.15, 0.2) is 6.33 Å². The Morgan fingerprint density at radius 2 is 2.24 bits per heavy atom. The largest absolute Gasteiger partial charge is 0.394 e. The second-order valence-corrected chi connectivity index (χ2v) is 5.43. The van der Waals surface area contributed by atoms with E-state index in [1.807, 2.05) is 0 Å². The summed E-state index contributed by atoms with van der Waals surface area (Å²) in [5, 5.41) is 29.7. The summed E-state index contributed by atoms with van der Waals surface area (Å²) in [7, 11) is 0. The van der Waals surface area contributed by atoms with E-state index in [4.69, 9.17) is 22.1 Å². The molecule has 2 aromatic rings. The van der Waals surface area contributed by atoms with E-state index >= 15 is 0 Å². The monoisotopic (exact) mass is 315 g/mol. The predicted octanol–water partition coefficient (Wildman–Crippen LogP) is -0.937. The maximum absolute atomic E-state index is 10.5. The summed E-state index contributed by atoms with van der Waals surface area (Å²) in [4.78, 5) is 11.9. The van der Waals surface area contributed by atoms with E-state index < -0.39 is 30.6 Å². The highest BCUT2D eigenvalue weighted by Crippen LogP contribution is 2.39. The van der Waals surface area contributed by atoms with Gasteiger partial charge in [0, 0.05) is 0 Å². The van der Waals surface area contributed by atoms with Gasteiger partial charge in [0.2, 0.25) is 5.95 Å². The molecule has 5 N–H and O–H groups in total. The molecule has 0 amide bonds. The van der Waals surface area contributed by atoms with E-state index in [-0.39, 0.29) is 16.7 Å². The van der Waals surface area contributed by atoms with Gasteiger partial charge in [-0.2, -0.15) is 9.97 Å². The van der Waals surface area contributed by atoms with Crippen molar-refractivity contribution in [3.63, 3.8) is 0 Å². The van der Waals surface area contributed by atoms with E-state index in [9.17, 15) is 15.3 Å². The van der Waals surface area contributed by atoms with Crippen molar-refractivity contribution in [2.45, 2.75) is 31.0 Å². The first-order valence-corrected chi connectivity index (χ1v) is 6.56. The molecule has 21 heavy (non-hydrogen) atoms. The maximum Gasteiger partial charge on any atom is 0.223 e. The number of hydrogen-bond donors (Lipinski definition) is 4. The molecule has 0 saturated carbocycles. The van der Waals surface area contributed by atoms with E-state index in [0.29, 0.717) is 5.52 Å². The number of aliphatic hydroxyl groups is 3. The summed E-state index contributed by atoms with van der Waals surface area (Å²) < 4.78 is 6.90. The van der Waals surface area contributed by atoms with Crippen molar-refractivity contribution in [3.8, 4) is 0 Å². The first kappa shape index (κ1) is 14.4. The van der Waals surface area contributed by atoms with Crippen LogP contribution in [0.4, 0.5) is 5.95 Å². The number of nitrogens with zero attached hydrogens (tertiary/aromatic N) is 4. The van der Waals surface area contributed by atoms with Gasteiger partial charge in [-0.1, -0.05) is 11.6 Å². The minimum Gasteiger partial charge on any atom is -0.394 e. The molecule has 0 aromatic carbocycles. The molecule has 114 valence electrons. The molecule has 2 aromatic heterocycles. The number of nitrogen functional groups attached to an aromatic ring is 1. The van der Waals surface area contributed by atoms with Crippen LogP contribution in [0.3, 0.4) is 0 Å². The summed E-state index contributed by atoms with van der Waals surface area (Å²) in [5.74, 6) is -0.0499. The summed E-state index contributed by atoms with van der Waals surface area (Å²) in [6, 6.07) is 0. The quantitative estimate of drug-likeness (QED) is 0.521. The van der Waals surface area contributed by atoms with Crippen LogP contribution in [-0.4, -0.2) is 59.3 Å². The third kappa shape index (κ3) is 2.05. The van der Waals surface area contributed by atoms with Crippen LogP contribution in [0.25, 0.3) is 11.2 Å². The number of nitrogens with two attached hydrogens (primary N) is 1. The van der Waals surface area contributed by atoms with Crippen LogP contribution in [0.5, 0.6) is 0 Å². The molecule has 3 rings (SSSR count). The Morgan fingerprint density at radius 3 is 2.86 bits per heavy atom. The Morgan fingerprint density at radius 1 is 1.52 bits per heavy atom. The van der Waals surface area contributed by atoms with Gasteiger partial charge in [0.25, 0.3) is 0 Å². The van der Waals surface area contributed by atoms with E-state index in [2.05, 4.69) is 15.0 Å². The highest BCUT2D eigenvalue weighted by molar-refractivity contribution is 6.33. The molecule has 0 spiro atoms. The molecule has 0 aliphatic carbocycles. The Labute approximate surface area is 124 Å². The molecule has 4 atom stereocenters. The Kier molecular flexibility index (Phi) is 3.26. The number of ether oxygens (including phenoxy) is 1. The fourth-order valence-corrected chi connectivity index (χ4v) is 2.68. The minimum atomic E-state index is -1.65. The molecule has 10 heteroatoms. The SMILES string of the molecule is CC1(O)C(O)[C@@H](CO)O[C@H]1n1cnc2c(Cl)nc(N)nc21. The number of aliphatic hydroxyl groups excluding tert-OH is 2. The fourth-order valence-electron chi connectivity index (χ4n) is 2.46. The average Bonchev–Trinajstić information content (AvgIpc) is 2.91. The maximum atomic E-state index is 10.5. The Balaban J connectivity index is 2.13. The molecule has 9 nitrogen and oxygen atoms in total. The van der Waals surface area contributed by atoms with Crippen LogP contribution in [0.2, 0.25) is 5.15 Å². The number of fused-ring (bicyclic) bond motifs is 1. The van der Waals surface area contributed by atoms with Crippen molar-refractivity contribution in [3.05, 3.63) is 11.5 Å². The summed E-state index contributed by atoms with van der Waals surface area (Å²) in [6.07, 6.45) is -1.83. The van der Waals surface area contributed by atoms with Crippen molar-refractivity contribution in [2.24, 2.45) is 0 Å². The number of hydrogen-bond acceptors (Lipinski definition) is 8. The lowest BCUT2D eigenvalue weighted by atomic mass is 9.96. The van der Waals surface area contributed by atoms with Crippen molar-refractivity contribution < 1.29 is 20.1 Å². The van der Waals surface area contributed by atoms with Crippen molar-refractivity contribution in [1.29, 1.82) is 0 Å². The van der Waals surface area contributed by atoms with Crippen LogP contribution < -0.4 is 5.73 Å². The lowest BCUT2D eigenvalue weighted by Gasteiger charge is -2.27. The normalized spacial score (nSPS) is 32.9. The van der Waals surface area contributed by atoms with Gasteiger partial charge in [-0.05, 0) is 6.92 Å². The van der Waals surface area contributed by atoms with Gasteiger partial charge >= 0.3 is 0 Å². The van der Waals surface area contributed by atoms with E-state index in [0.717, 1.165) is 0 Å². The highest BCUT2D eigenvalue weighted by Gasteiger charge is 2.53. The second kappa shape index (κ2) is 4.75. The molecule has 1 saturated heterocycles. The van der Waals surface area contributed by atoms with Gasteiger partial charge in [-0.15, -0.1) is 0 Å². The summed E-state index contributed by atoms with van der Waals surface area (Å²) in [5.41, 5.74) is 4.48. The minimum absolute atomic E-state index is 0.0499. The molecular formula is C11H14ClN5O4. The number of halogens is 1. The molecular weight excluding hydrogens is 302 g/mol. The van der Waals surface area contributed by atoms with Crippen LogP contribution in [0, 0.1) is 0 Å². The Hall–Kier alpha value is -1.52.